The molecule has 2 fully saturated rings. The van der Waals surface area contributed by atoms with Gasteiger partial charge in [0.25, 0.3) is 0 Å². The summed E-state index contributed by atoms with van der Waals surface area (Å²) in [5.74, 6) is 0.150. The number of Topliss-reactive ketones (excluding diaryl/α,β-unsaturated/α-hetero) is 2. The molecule has 2 aliphatic rings. The molecule has 1 saturated heterocycles. The normalized spacial score (nSPS) is 21.5. The Morgan fingerprint density at radius 2 is 1.67 bits per heavy atom. The molecule has 1 aliphatic carbocycles. The zero-order valence-electron chi connectivity index (χ0n) is 14.6. The highest BCUT2D eigenvalue weighted by atomic mass is 16.1. The molecular weight excluding hydrogens is 298 g/mol. The summed E-state index contributed by atoms with van der Waals surface area (Å²) in [7, 11) is 0. The van der Waals surface area contributed by atoms with Gasteiger partial charge in [-0.25, -0.2) is 0 Å². The lowest BCUT2D eigenvalue weighted by Gasteiger charge is -2.29. The minimum atomic E-state index is 0.0425. The quantitative estimate of drug-likeness (QED) is 0.600. The van der Waals surface area contributed by atoms with E-state index in [4.69, 9.17) is 0 Å². The Morgan fingerprint density at radius 1 is 1.04 bits per heavy atom. The van der Waals surface area contributed by atoms with Crippen molar-refractivity contribution in [1.82, 2.24) is 4.90 Å². The van der Waals surface area contributed by atoms with Crippen molar-refractivity contribution < 1.29 is 9.59 Å². The Kier molecular flexibility index (Phi) is 5.49. The van der Waals surface area contributed by atoms with Crippen molar-refractivity contribution in [3.63, 3.8) is 0 Å². The smallest absolute Gasteiger partial charge is 0.168 e. The second kappa shape index (κ2) is 7.78. The van der Waals surface area contributed by atoms with E-state index in [0.29, 0.717) is 18.4 Å². The number of likely N-dealkylation sites (tertiary alicyclic amines) is 1. The molecule has 1 heterocycles. The standard InChI is InChI=1S/C21H27NO2/c1-2-3-11-18(22-12-7-8-13-22)21-19(23)14-17(15-20(21)24)16-9-5-4-6-10-16/h4-6,9-10,17H,2-3,7-8,11-15H2,1H3. The van der Waals surface area contributed by atoms with Crippen molar-refractivity contribution in [2.45, 2.75) is 57.8 Å². The Morgan fingerprint density at radius 3 is 2.25 bits per heavy atom. The molecule has 0 aromatic heterocycles. The maximum Gasteiger partial charge on any atom is 0.168 e. The van der Waals surface area contributed by atoms with Crippen molar-refractivity contribution in [2.75, 3.05) is 13.1 Å². The van der Waals surface area contributed by atoms with Crippen molar-refractivity contribution in [2.24, 2.45) is 0 Å². The largest absolute Gasteiger partial charge is 0.374 e. The predicted octanol–water partition coefficient (Wildman–Crippen LogP) is 4.24. The van der Waals surface area contributed by atoms with Gasteiger partial charge in [0, 0.05) is 31.6 Å². The summed E-state index contributed by atoms with van der Waals surface area (Å²) in [5.41, 5.74) is 2.67. The van der Waals surface area contributed by atoms with Gasteiger partial charge in [0.05, 0.1) is 5.57 Å². The van der Waals surface area contributed by atoms with Gasteiger partial charge >= 0.3 is 0 Å². The molecule has 0 bridgehead atoms. The number of hydrogen-bond donors (Lipinski definition) is 0. The summed E-state index contributed by atoms with van der Waals surface area (Å²) in [6.07, 6.45) is 6.25. The Hall–Kier alpha value is -1.90. The van der Waals surface area contributed by atoms with Gasteiger partial charge in [-0.3, -0.25) is 9.59 Å². The molecule has 0 atom stereocenters. The lowest BCUT2D eigenvalue weighted by molar-refractivity contribution is -0.124. The van der Waals surface area contributed by atoms with Crippen LogP contribution in [0.5, 0.6) is 0 Å². The average Bonchev–Trinajstić information content (AvgIpc) is 3.12. The lowest BCUT2D eigenvalue weighted by atomic mass is 9.79. The zero-order chi connectivity index (χ0) is 16.9. The molecule has 0 amide bonds. The highest BCUT2D eigenvalue weighted by Gasteiger charge is 2.35. The number of carbonyl (C=O) groups is 2. The van der Waals surface area contributed by atoms with Crippen LogP contribution in [0.3, 0.4) is 0 Å². The Bertz CT molecular complexity index is 606. The number of nitrogens with zero attached hydrogens (tertiary/aromatic N) is 1. The van der Waals surface area contributed by atoms with Crippen LogP contribution in [0.4, 0.5) is 0 Å². The van der Waals surface area contributed by atoms with Gasteiger partial charge < -0.3 is 4.90 Å². The third kappa shape index (κ3) is 3.61. The first-order valence-corrected chi connectivity index (χ1v) is 9.30. The van der Waals surface area contributed by atoms with E-state index >= 15 is 0 Å². The fraction of sp³-hybridized carbons (Fsp3) is 0.524. The highest BCUT2D eigenvalue weighted by Crippen LogP contribution is 2.35. The molecule has 0 spiro atoms. The number of allylic oxidation sites excluding steroid dienone is 2. The zero-order valence-corrected chi connectivity index (χ0v) is 14.6. The molecule has 3 heteroatoms. The van der Waals surface area contributed by atoms with E-state index in [1.54, 1.807) is 0 Å². The second-order valence-corrected chi connectivity index (χ2v) is 6.98. The maximum atomic E-state index is 12.8. The van der Waals surface area contributed by atoms with Gasteiger partial charge in [0.15, 0.2) is 11.6 Å². The lowest BCUT2D eigenvalue weighted by Crippen LogP contribution is -2.31. The van der Waals surface area contributed by atoms with Gasteiger partial charge in [-0.1, -0.05) is 43.7 Å². The van der Waals surface area contributed by atoms with Crippen LogP contribution in [0, 0.1) is 0 Å². The highest BCUT2D eigenvalue weighted by molar-refractivity contribution is 6.22. The minimum absolute atomic E-state index is 0.0425. The van der Waals surface area contributed by atoms with Crippen LogP contribution >= 0.6 is 0 Å². The molecule has 0 unspecified atom stereocenters. The fourth-order valence-corrected chi connectivity index (χ4v) is 3.93. The second-order valence-electron chi connectivity index (χ2n) is 6.98. The molecular formula is C21H27NO2. The van der Waals surface area contributed by atoms with Gasteiger partial charge in [-0.05, 0) is 37.2 Å². The first kappa shape index (κ1) is 16.9. The number of carbonyl (C=O) groups excluding carboxylic acids is 2. The van der Waals surface area contributed by atoms with Crippen molar-refractivity contribution >= 4 is 11.6 Å². The van der Waals surface area contributed by atoms with Crippen LogP contribution in [0.25, 0.3) is 0 Å². The molecule has 1 aromatic rings. The van der Waals surface area contributed by atoms with E-state index in [1.165, 1.54) is 0 Å². The van der Waals surface area contributed by atoms with E-state index in [9.17, 15) is 9.59 Å². The van der Waals surface area contributed by atoms with E-state index in [0.717, 1.165) is 56.5 Å². The summed E-state index contributed by atoms with van der Waals surface area (Å²) in [6.45, 7) is 4.14. The first-order chi connectivity index (χ1) is 11.7. The summed E-state index contributed by atoms with van der Waals surface area (Å²) < 4.78 is 0. The van der Waals surface area contributed by atoms with E-state index in [1.807, 2.05) is 30.3 Å². The molecule has 24 heavy (non-hydrogen) atoms. The number of rotatable bonds is 5. The molecule has 128 valence electrons. The summed E-state index contributed by atoms with van der Waals surface area (Å²) >= 11 is 0. The van der Waals surface area contributed by atoms with Crippen LogP contribution in [0.2, 0.25) is 0 Å². The van der Waals surface area contributed by atoms with E-state index < -0.39 is 0 Å². The van der Waals surface area contributed by atoms with Crippen LogP contribution in [0.1, 0.15) is 63.4 Å². The number of hydrogen-bond acceptors (Lipinski definition) is 3. The van der Waals surface area contributed by atoms with Crippen LogP contribution in [-0.2, 0) is 9.59 Å². The molecule has 3 nitrogen and oxygen atoms in total. The Labute approximate surface area is 144 Å². The Balaban J connectivity index is 1.86. The minimum Gasteiger partial charge on any atom is -0.374 e. The number of ketones is 2. The fourth-order valence-electron chi connectivity index (χ4n) is 3.93. The average molecular weight is 325 g/mol. The summed E-state index contributed by atoms with van der Waals surface area (Å²) in [4.78, 5) is 28.0. The molecule has 3 rings (SSSR count). The first-order valence-electron chi connectivity index (χ1n) is 9.30. The molecule has 1 aromatic carbocycles. The SMILES string of the molecule is CCCCC(=C1C(=O)CC(c2ccccc2)CC1=O)N1CCCC1. The molecule has 0 radical (unpaired) electrons. The van der Waals surface area contributed by atoms with E-state index in [2.05, 4.69) is 11.8 Å². The van der Waals surface area contributed by atoms with Gasteiger partial charge in [0.1, 0.15) is 0 Å². The molecule has 0 N–H and O–H groups in total. The third-order valence-electron chi connectivity index (χ3n) is 5.24. The summed E-state index contributed by atoms with van der Waals surface area (Å²) in [5, 5.41) is 0. The predicted molar refractivity (Wildman–Crippen MR) is 95.8 cm³/mol. The van der Waals surface area contributed by atoms with E-state index in [-0.39, 0.29) is 17.5 Å². The molecule has 1 aliphatic heterocycles. The van der Waals surface area contributed by atoms with Crippen LogP contribution < -0.4 is 0 Å². The van der Waals surface area contributed by atoms with Crippen LogP contribution in [-0.4, -0.2) is 29.6 Å². The van der Waals surface area contributed by atoms with Gasteiger partial charge in [-0.2, -0.15) is 0 Å². The van der Waals surface area contributed by atoms with Gasteiger partial charge in [-0.15, -0.1) is 0 Å². The monoisotopic (exact) mass is 325 g/mol. The van der Waals surface area contributed by atoms with Crippen molar-refractivity contribution in [3.05, 3.63) is 47.2 Å². The number of benzene rings is 1. The molecule has 1 saturated carbocycles. The van der Waals surface area contributed by atoms with Crippen molar-refractivity contribution in [3.8, 4) is 0 Å². The third-order valence-corrected chi connectivity index (χ3v) is 5.24. The van der Waals surface area contributed by atoms with Crippen LogP contribution in [0.15, 0.2) is 41.6 Å². The number of unbranched alkanes of at least 4 members (excludes halogenated alkanes) is 1. The maximum absolute atomic E-state index is 12.8. The topological polar surface area (TPSA) is 37.4 Å². The van der Waals surface area contributed by atoms with Crippen molar-refractivity contribution in [1.29, 1.82) is 0 Å². The van der Waals surface area contributed by atoms with Gasteiger partial charge in [0.2, 0.25) is 0 Å². The summed E-state index contributed by atoms with van der Waals surface area (Å²) in [6, 6.07) is 9.98.